The fourth-order valence-electron chi connectivity index (χ4n) is 9.17. The third-order valence-electron chi connectivity index (χ3n) is 13.1. The quantitative estimate of drug-likeness (QED) is 0.130. The summed E-state index contributed by atoms with van der Waals surface area (Å²) in [7, 11) is 0. The van der Waals surface area contributed by atoms with Crippen LogP contribution in [-0.4, -0.2) is 169 Å². The molecular weight excluding hydrogens is 913 g/mol. The predicted octanol–water partition coefficient (Wildman–Crippen LogP) is 5.52. The molecule has 4 aliphatic rings. The van der Waals surface area contributed by atoms with Crippen molar-refractivity contribution in [1.29, 1.82) is 0 Å². The van der Waals surface area contributed by atoms with Crippen molar-refractivity contribution < 1.29 is 47.7 Å². The van der Waals surface area contributed by atoms with E-state index < -0.39 is 36.0 Å². The first-order valence-electron chi connectivity index (χ1n) is 24.9. The molecule has 71 heavy (non-hydrogen) atoms. The molecule has 3 aromatic rings. The van der Waals surface area contributed by atoms with Gasteiger partial charge in [-0.05, 0) is 108 Å². The summed E-state index contributed by atoms with van der Waals surface area (Å²) in [4.78, 5) is 94.5. The zero-order chi connectivity index (χ0) is 50.8. The standard InChI is InChI=1S/C30H41N5O5.C21H31N5O5/c1-30(2,3)40-29(38)35-15-11-23(12-16-35)21-26(32-28(37)39-22-24-7-5-4-6-8-24)27(36)34-19-17-33(18-20-34)25-9-13-31-14-10-25;1-2-30-21(29)31-20(28)26-9-5-16(6-10-26)15-18(22)19(27)25-13-11-24(12-14-25)17-3-7-23-8-4-17/h4-10,13-14,23,26H,11-12,15-22H2,1-3H3,(H,32,37);3-4,7-8,16,18H,2,5-6,9-15,22H2,1H3/t26-;18-/m00/s1. The summed E-state index contributed by atoms with van der Waals surface area (Å²) < 4.78 is 20.2. The Morgan fingerprint density at radius 1 is 0.620 bits per heavy atom. The number of amides is 5. The third-order valence-corrected chi connectivity index (χ3v) is 13.1. The van der Waals surface area contributed by atoms with E-state index in [9.17, 15) is 28.8 Å². The summed E-state index contributed by atoms with van der Waals surface area (Å²) in [5.41, 5.74) is 8.76. The fraction of sp³-hybridized carbons (Fsp3) is 0.569. The summed E-state index contributed by atoms with van der Waals surface area (Å²) >= 11 is 0. The molecule has 5 amide bonds. The molecule has 6 heterocycles. The van der Waals surface area contributed by atoms with Gasteiger partial charge in [-0.1, -0.05) is 30.3 Å². The predicted molar refractivity (Wildman–Crippen MR) is 265 cm³/mol. The lowest BCUT2D eigenvalue weighted by Gasteiger charge is -2.38. The number of rotatable bonds is 12. The Morgan fingerprint density at radius 3 is 1.59 bits per heavy atom. The molecule has 2 atom stereocenters. The van der Waals surface area contributed by atoms with Gasteiger partial charge in [-0.15, -0.1) is 0 Å². The number of hydrogen-bond acceptors (Lipinski definition) is 15. The lowest BCUT2D eigenvalue weighted by atomic mass is 9.89. The van der Waals surface area contributed by atoms with E-state index in [-0.39, 0.29) is 43.0 Å². The molecule has 3 N–H and O–H groups in total. The van der Waals surface area contributed by atoms with Crippen LogP contribution in [0.1, 0.15) is 71.8 Å². The number of hydrogen-bond donors (Lipinski definition) is 2. The Hall–Kier alpha value is -6.70. The SMILES string of the molecule is CC(C)(C)OC(=O)N1CCC(C[C@H](NC(=O)OCc2ccccc2)C(=O)N2CCN(c3ccncc3)CC2)CC1.CCOC(=O)OC(=O)N1CCC(C[C@H](N)C(=O)N2CCN(c3ccncc3)CC2)CC1. The topological polar surface area (TPSA) is 223 Å². The molecule has 0 bridgehead atoms. The van der Waals surface area contributed by atoms with Gasteiger partial charge in [-0.3, -0.25) is 19.6 Å². The van der Waals surface area contributed by atoms with Crippen LogP contribution in [-0.2, 0) is 35.1 Å². The highest BCUT2D eigenvalue weighted by Crippen LogP contribution is 2.26. The van der Waals surface area contributed by atoms with Crippen LogP contribution in [0.3, 0.4) is 0 Å². The van der Waals surface area contributed by atoms with E-state index in [1.54, 1.807) is 36.6 Å². The molecule has 4 fully saturated rings. The Labute approximate surface area is 417 Å². The van der Waals surface area contributed by atoms with Crippen LogP contribution >= 0.6 is 0 Å². The maximum atomic E-state index is 13.7. The number of piperazine rings is 2. The Bertz CT molecular complexity index is 2150. The number of nitrogens with zero attached hydrogens (tertiary/aromatic N) is 8. The number of alkyl carbamates (subject to hydrolysis) is 1. The van der Waals surface area contributed by atoms with Crippen LogP contribution in [0.25, 0.3) is 0 Å². The van der Waals surface area contributed by atoms with E-state index in [0.717, 1.165) is 42.9 Å². The van der Waals surface area contributed by atoms with Crippen LogP contribution in [0.5, 0.6) is 0 Å². The number of benzene rings is 1. The van der Waals surface area contributed by atoms with Gasteiger partial charge < -0.3 is 59.4 Å². The van der Waals surface area contributed by atoms with Gasteiger partial charge in [0.2, 0.25) is 11.8 Å². The second kappa shape index (κ2) is 26.5. The smallest absolute Gasteiger partial charge is 0.445 e. The van der Waals surface area contributed by atoms with E-state index in [0.29, 0.717) is 91.1 Å². The van der Waals surface area contributed by atoms with Gasteiger partial charge >= 0.3 is 24.4 Å². The van der Waals surface area contributed by atoms with Crippen LogP contribution in [0.2, 0.25) is 0 Å². The van der Waals surface area contributed by atoms with Crippen LogP contribution in [0.15, 0.2) is 79.4 Å². The lowest BCUT2D eigenvalue weighted by molar-refractivity contribution is -0.134. The molecule has 4 aliphatic heterocycles. The van der Waals surface area contributed by atoms with Crippen molar-refractivity contribution in [1.82, 2.24) is 34.9 Å². The number of ether oxygens (including phenoxy) is 4. The van der Waals surface area contributed by atoms with Gasteiger partial charge in [0.05, 0.1) is 12.6 Å². The number of nitrogens with two attached hydrogens (primary N) is 1. The molecule has 2 aromatic heterocycles. The average Bonchev–Trinajstić information content (AvgIpc) is 3.38. The largest absolute Gasteiger partial charge is 0.517 e. The number of pyridine rings is 2. The summed E-state index contributed by atoms with van der Waals surface area (Å²) in [5.74, 6) is 0.322. The second-order valence-corrected chi connectivity index (χ2v) is 19.3. The van der Waals surface area contributed by atoms with Crippen molar-refractivity contribution in [2.45, 2.75) is 90.5 Å². The highest BCUT2D eigenvalue weighted by Gasteiger charge is 2.35. The second-order valence-electron chi connectivity index (χ2n) is 19.3. The van der Waals surface area contributed by atoms with Gasteiger partial charge in [-0.25, -0.2) is 19.2 Å². The molecule has 0 aliphatic carbocycles. The van der Waals surface area contributed by atoms with Gasteiger partial charge in [0, 0.05) is 115 Å². The first-order valence-corrected chi connectivity index (χ1v) is 24.9. The number of carbonyl (C=O) groups excluding carboxylic acids is 6. The zero-order valence-electron chi connectivity index (χ0n) is 41.7. The molecule has 0 unspecified atom stereocenters. The monoisotopic (exact) mass is 985 g/mol. The van der Waals surface area contributed by atoms with Crippen LogP contribution in [0, 0.1) is 11.8 Å². The van der Waals surface area contributed by atoms with Gasteiger partial charge in [0.25, 0.3) is 0 Å². The van der Waals surface area contributed by atoms with Crippen molar-refractivity contribution in [2.24, 2.45) is 17.6 Å². The fourth-order valence-corrected chi connectivity index (χ4v) is 9.17. The van der Waals surface area contributed by atoms with E-state index in [4.69, 9.17) is 15.2 Å². The maximum Gasteiger partial charge on any atom is 0.517 e. The zero-order valence-corrected chi connectivity index (χ0v) is 41.7. The van der Waals surface area contributed by atoms with Crippen LogP contribution in [0.4, 0.5) is 30.6 Å². The molecule has 0 spiro atoms. The summed E-state index contributed by atoms with van der Waals surface area (Å²) in [6, 6.07) is 16.1. The summed E-state index contributed by atoms with van der Waals surface area (Å²) in [6.45, 7) is 14.9. The molecule has 386 valence electrons. The van der Waals surface area contributed by atoms with Gasteiger partial charge in [0.1, 0.15) is 18.2 Å². The first-order chi connectivity index (χ1) is 34.1. The molecule has 20 nitrogen and oxygen atoms in total. The van der Waals surface area contributed by atoms with Crippen molar-refractivity contribution in [3.63, 3.8) is 0 Å². The van der Waals surface area contributed by atoms with Gasteiger partial charge in [-0.2, -0.15) is 0 Å². The van der Waals surface area contributed by atoms with E-state index in [1.807, 2.05) is 85.2 Å². The van der Waals surface area contributed by atoms with E-state index in [1.165, 1.54) is 4.90 Å². The molecule has 20 heteroatoms. The Morgan fingerprint density at radius 2 is 1.10 bits per heavy atom. The first kappa shape index (κ1) is 53.6. The third kappa shape index (κ3) is 17.0. The maximum absolute atomic E-state index is 13.7. The normalized spacial score (nSPS) is 17.8. The summed E-state index contributed by atoms with van der Waals surface area (Å²) in [6.07, 6.45) is 8.46. The number of likely N-dealkylation sites (tertiary alicyclic amines) is 2. The lowest BCUT2D eigenvalue weighted by Crippen LogP contribution is -2.55. The van der Waals surface area contributed by atoms with Crippen LogP contribution < -0.4 is 20.9 Å². The molecule has 0 radical (unpaired) electrons. The molecule has 7 rings (SSSR count). The minimum atomic E-state index is -0.980. The molecular formula is C51H72N10O10. The van der Waals surface area contributed by atoms with Crippen molar-refractivity contribution in [2.75, 3.05) is 94.9 Å². The van der Waals surface area contributed by atoms with Crippen molar-refractivity contribution in [3.8, 4) is 0 Å². The summed E-state index contributed by atoms with van der Waals surface area (Å²) in [5, 5.41) is 2.86. The Kier molecular flexibility index (Phi) is 20.0. The molecule has 0 saturated carbocycles. The van der Waals surface area contributed by atoms with Gasteiger partial charge in [0.15, 0.2) is 0 Å². The number of nitrogens with one attached hydrogen (secondary N) is 1. The van der Waals surface area contributed by atoms with Crippen molar-refractivity contribution >= 4 is 47.6 Å². The highest BCUT2D eigenvalue weighted by atomic mass is 16.7. The molecule has 4 saturated heterocycles. The average molecular weight is 985 g/mol. The minimum Gasteiger partial charge on any atom is -0.445 e. The number of anilines is 2. The van der Waals surface area contributed by atoms with Crippen molar-refractivity contribution in [3.05, 3.63) is 84.9 Å². The Balaban J connectivity index is 0.000000240. The van der Waals surface area contributed by atoms with E-state index >= 15 is 0 Å². The number of aromatic nitrogens is 2. The number of carbonyl (C=O) groups is 6. The number of piperidine rings is 2. The minimum absolute atomic E-state index is 0.0153. The molecule has 1 aromatic carbocycles. The van der Waals surface area contributed by atoms with E-state index in [2.05, 4.69) is 34.6 Å². The highest BCUT2D eigenvalue weighted by molar-refractivity contribution is 5.86.